The highest BCUT2D eigenvalue weighted by Crippen LogP contribution is 2.27. The lowest BCUT2D eigenvalue weighted by Gasteiger charge is -2.10. The molecule has 0 radical (unpaired) electrons. The van der Waals surface area contributed by atoms with Crippen molar-refractivity contribution in [2.24, 2.45) is 0 Å². The van der Waals surface area contributed by atoms with Crippen molar-refractivity contribution in [1.29, 1.82) is 0 Å². The van der Waals surface area contributed by atoms with Crippen molar-refractivity contribution in [3.8, 4) is 5.75 Å². The summed E-state index contributed by atoms with van der Waals surface area (Å²) in [5, 5.41) is 10.7. The van der Waals surface area contributed by atoms with Crippen LogP contribution in [0.1, 0.15) is 29.3 Å². The molecule has 2 heterocycles. The third-order valence-electron chi connectivity index (χ3n) is 3.55. The Balaban J connectivity index is 1.63. The van der Waals surface area contributed by atoms with Gasteiger partial charge >= 0.3 is 0 Å². The van der Waals surface area contributed by atoms with Crippen LogP contribution in [-0.2, 0) is 12.8 Å². The molecule has 0 spiro atoms. The second-order valence-electron chi connectivity index (χ2n) is 5.00. The van der Waals surface area contributed by atoms with Crippen LogP contribution in [0.3, 0.4) is 0 Å². The molecule has 1 N–H and O–H groups in total. The van der Waals surface area contributed by atoms with Gasteiger partial charge in [0.05, 0.1) is 23.4 Å². The number of aliphatic hydroxyl groups excluding tert-OH is 1. The largest absolute Gasteiger partial charge is 0.493 e. The molecule has 1 aromatic carbocycles. The van der Waals surface area contributed by atoms with Gasteiger partial charge < -0.3 is 9.84 Å². The van der Waals surface area contributed by atoms with Crippen molar-refractivity contribution in [3.63, 3.8) is 0 Å². The van der Waals surface area contributed by atoms with Gasteiger partial charge in [-0.2, -0.15) is 0 Å². The van der Waals surface area contributed by atoms with Gasteiger partial charge in [0.2, 0.25) is 0 Å². The quantitative estimate of drug-likeness (QED) is 0.939. The van der Waals surface area contributed by atoms with Crippen molar-refractivity contribution in [3.05, 3.63) is 58.4 Å². The van der Waals surface area contributed by atoms with E-state index in [0.29, 0.717) is 17.1 Å². The Hall–Kier alpha value is -1.58. The van der Waals surface area contributed by atoms with Crippen LogP contribution in [0.2, 0.25) is 5.02 Å². The average molecular weight is 290 g/mol. The fourth-order valence-corrected chi connectivity index (χ4v) is 2.54. The summed E-state index contributed by atoms with van der Waals surface area (Å²) < 4.78 is 5.49. The summed E-state index contributed by atoms with van der Waals surface area (Å²) in [6.45, 7) is 0.774. The molecule has 0 aliphatic carbocycles. The van der Waals surface area contributed by atoms with Gasteiger partial charge in [0.15, 0.2) is 0 Å². The number of halogens is 1. The first-order valence-corrected chi connectivity index (χ1v) is 7.14. The standard InChI is InChI=1S/C16H16ClNO2/c17-13-3-4-14(18-10-13)15(19)5-1-11-2-6-16-12(9-11)7-8-20-16/h2-4,6,9-10,15,19H,1,5,7-8H2. The van der Waals surface area contributed by atoms with E-state index in [4.69, 9.17) is 16.3 Å². The SMILES string of the molecule is OC(CCc1ccc2c(c1)CCO2)c1ccc(Cl)cn1. The third-order valence-corrected chi connectivity index (χ3v) is 3.78. The number of nitrogens with zero attached hydrogens (tertiary/aromatic N) is 1. The first-order chi connectivity index (χ1) is 9.72. The number of aliphatic hydroxyl groups is 1. The molecule has 0 bridgehead atoms. The fourth-order valence-electron chi connectivity index (χ4n) is 2.43. The van der Waals surface area contributed by atoms with Crippen LogP contribution in [0, 0.1) is 0 Å². The van der Waals surface area contributed by atoms with E-state index in [9.17, 15) is 5.11 Å². The molecule has 2 aromatic rings. The maximum Gasteiger partial charge on any atom is 0.122 e. The number of benzene rings is 1. The molecule has 1 aromatic heterocycles. The maximum absolute atomic E-state index is 10.1. The molecule has 1 atom stereocenters. The zero-order valence-electron chi connectivity index (χ0n) is 11.1. The number of hydrogen-bond donors (Lipinski definition) is 1. The van der Waals surface area contributed by atoms with E-state index in [-0.39, 0.29) is 0 Å². The molecule has 20 heavy (non-hydrogen) atoms. The Morgan fingerprint density at radius 3 is 3.00 bits per heavy atom. The molecule has 0 saturated heterocycles. The Bertz CT molecular complexity index is 598. The van der Waals surface area contributed by atoms with Crippen LogP contribution in [0.15, 0.2) is 36.5 Å². The van der Waals surface area contributed by atoms with Crippen LogP contribution in [0.4, 0.5) is 0 Å². The summed E-state index contributed by atoms with van der Waals surface area (Å²) in [6, 6.07) is 9.77. The minimum absolute atomic E-state index is 0.559. The lowest BCUT2D eigenvalue weighted by molar-refractivity contribution is 0.163. The second kappa shape index (κ2) is 5.81. The number of aryl methyl sites for hydroxylation is 1. The number of rotatable bonds is 4. The first-order valence-electron chi connectivity index (χ1n) is 6.76. The average Bonchev–Trinajstić information content (AvgIpc) is 2.93. The summed E-state index contributed by atoms with van der Waals surface area (Å²) in [5.41, 5.74) is 3.16. The molecule has 1 aliphatic rings. The smallest absolute Gasteiger partial charge is 0.122 e. The highest BCUT2D eigenvalue weighted by atomic mass is 35.5. The van der Waals surface area contributed by atoms with Crippen molar-refractivity contribution in [2.75, 3.05) is 6.61 Å². The Morgan fingerprint density at radius 2 is 2.20 bits per heavy atom. The van der Waals surface area contributed by atoms with Gasteiger partial charge in [0.25, 0.3) is 0 Å². The number of fused-ring (bicyclic) bond motifs is 1. The van der Waals surface area contributed by atoms with E-state index in [0.717, 1.165) is 25.2 Å². The lowest BCUT2D eigenvalue weighted by atomic mass is 10.0. The van der Waals surface area contributed by atoms with Crippen molar-refractivity contribution < 1.29 is 9.84 Å². The number of hydrogen-bond acceptors (Lipinski definition) is 3. The minimum atomic E-state index is -0.559. The molecular weight excluding hydrogens is 274 g/mol. The van der Waals surface area contributed by atoms with E-state index in [1.807, 2.05) is 6.07 Å². The van der Waals surface area contributed by atoms with Gasteiger partial charge in [-0.05, 0) is 42.2 Å². The van der Waals surface area contributed by atoms with E-state index in [2.05, 4.69) is 17.1 Å². The van der Waals surface area contributed by atoms with Gasteiger partial charge in [0.1, 0.15) is 5.75 Å². The summed E-state index contributed by atoms with van der Waals surface area (Å²) in [7, 11) is 0. The second-order valence-corrected chi connectivity index (χ2v) is 5.43. The molecule has 104 valence electrons. The Morgan fingerprint density at radius 1 is 1.30 bits per heavy atom. The Kier molecular flexibility index (Phi) is 3.90. The molecule has 1 aliphatic heterocycles. The number of aromatic nitrogens is 1. The number of ether oxygens (including phenoxy) is 1. The number of pyridine rings is 1. The highest BCUT2D eigenvalue weighted by molar-refractivity contribution is 6.30. The van der Waals surface area contributed by atoms with Crippen LogP contribution in [-0.4, -0.2) is 16.7 Å². The van der Waals surface area contributed by atoms with E-state index < -0.39 is 6.10 Å². The molecular formula is C16H16ClNO2. The van der Waals surface area contributed by atoms with E-state index in [1.54, 1.807) is 18.3 Å². The summed E-state index contributed by atoms with van der Waals surface area (Å²) >= 11 is 5.79. The fraction of sp³-hybridized carbons (Fsp3) is 0.312. The highest BCUT2D eigenvalue weighted by Gasteiger charge is 2.13. The van der Waals surface area contributed by atoms with Crippen molar-refractivity contribution >= 4 is 11.6 Å². The summed E-state index contributed by atoms with van der Waals surface area (Å²) in [6.07, 6.45) is 3.45. The molecule has 4 heteroatoms. The van der Waals surface area contributed by atoms with Gasteiger partial charge in [-0.3, -0.25) is 4.98 Å². The maximum atomic E-state index is 10.1. The van der Waals surface area contributed by atoms with Crippen LogP contribution in [0.5, 0.6) is 5.75 Å². The van der Waals surface area contributed by atoms with Crippen molar-refractivity contribution in [2.45, 2.75) is 25.4 Å². The predicted octanol–water partition coefficient (Wildman–Crippen LogP) is 3.34. The van der Waals surface area contributed by atoms with Crippen LogP contribution < -0.4 is 4.74 Å². The van der Waals surface area contributed by atoms with E-state index >= 15 is 0 Å². The zero-order chi connectivity index (χ0) is 13.9. The molecule has 0 saturated carbocycles. The van der Waals surface area contributed by atoms with Gasteiger partial charge in [-0.1, -0.05) is 23.7 Å². The summed E-state index contributed by atoms with van der Waals surface area (Å²) in [5.74, 6) is 0.994. The first kappa shape index (κ1) is 13.4. The van der Waals surface area contributed by atoms with Gasteiger partial charge in [-0.25, -0.2) is 0 Å². The molecule has 1 unspecified atom stereocenters. The Labute approximate surface area is 123 Å². The van der Waals surface area contributed by atoms with Gasteiger partial charge in [0, 0.05) is 12.6 Å². The zero-order valence-corrected chi connectivity index (χ0v) is 11.8. The molecule has 0 fully saturated rings. The lowest BCUT2D eigenvalue weighted by Crippen LogP contribution is -2.02. The third kappa shape index (κ3) is 2.94. The van der Waals surface area contributed by atoms with Crippen LogP contribution >= 0.6 is 11.6 Å². The normalized spacial score (nSPS) is 14.7. The van der Waals surface area contributed by atoms with Crippen molar-refractivity contribution in [1.82, 2.24) is 4.98 Å². The predicted molar refractivity (Wildman–Crippen MR) is 78.2 cm³/mol. The summed E-state index contributed by atoms with van der Waals surface area (Å²) in [4.78, 5) is 4.15. The topological polar surface area (TPSA) is 42.4 Å². The van der Waals surface area contributed by atoms with Gasteiger partial charge in [-0.15, -0.1) is 0 Å². The molecule has 3 rings (SSSR count). The molecule has 3 nitrogen and oxygen atoms in total. The monoisotopic (exact) mass is 289 g/mol. The molecule has 0 amide bonds. The minimum Gasteiger partial charge on any atom is -0.493 e. The van der Waals surface area contributed by atoms with Crippen LogP contribution in [0.25, 0.3) is 0 Å². The van der Waals surface area contributed by atoms with E-state index in [1.165, 1.54) is 11.1 Å².